The summed E-state index contributed by atoms with van der Waals surface area (Å²) in [5.41, 5.74) is 6.49. The highest BCUT2D eigenvalue weighted by molar-refractivity contribution is 6.28. The molecule has 0 saturated heterocycles. The highest BCUT2D eigenvalue weighted by Crippen LogP contribution is 2.21. The summed E-state index contributed by atoms with van der Waals surface area (Å²) in [5, 5.41) is 1.68. The zero-order chi connectivity index (χ0) is 18.4. The van der Waals surface area contributed by atoms with Gasteiger partial charge in [0.2, 0.25) is 5.78 Å². The van der Waals surface area contributed by atoms with Crippen LogP contribution in [-0.4, -0.2) is 23.3 Å². The Morgan fingerprint density at radius 1 is 1.00 bits per heavy atom. The molecule has 2 N–H and O–H groups in total. The topological polar surface area (TPSA) is 82.3 Å². The fraction of sp³-hybridized carbons (Fsp3) is 0.0952. The molecule has 26 heavy (non-hydrogen) atoms. The van der Waals surface area contributed by atoms with Crippen molar-refractivity contribution in [3.63, 3.8) is 0 Å². The van der Waals surface area contributed by atoms with Crippen molar-refractivity contribution in [1.29, 1.82) is 0 Å². The van der Waals surface area contributed by atoms with Crippen molar-refractivity contribution in [2.45, 2.75) is 6.42 Å². The molecule has 0 aliphatic carbocycles. The molecule has 1 heterocycles. The summed E-state index contributed by atoms with van der Waals surface area (Å²) in [6.07, 6.45) is 3.41. The van der Waals surface area contributed by atoms with Crippen LogP contribution in [0.15, 0.2) is 78.7 Å². The van der Waals surface area contributed by atoms with E-state index in [0.717, 1.165) is 22.7 Å². The van der Waals surface area contributed by atoms with Crippen molar-refractivity contribution < 1.29 is 14.3 Å². The fourth-order valence-corrected chi connectivity index (χ4v) is 2.64. The number of aromatic nitrogens is 1. The number of fused-ring (bicyclic) bond motifs is 1. The average molecular weight is 346 g/mol. The van der Waals surface area contributed by atoms with Gasteiger partial charge in [-0.05, 0) is 22.9 Å². The maximum Gasteiger partial charge on any atom is 0.255 e. The summed E-state index contributed by atoms with van der Waals surface area (Å²) in [5.74, 6) is -1.27. The molecule has 130 valence electrons. The molecule has 0 bridgehead atoms. The molecule has 0 aliphatic heterocycles. The summed E-state index contributed by atoms with van der Waals surface area (Å²) in [6, 6.07) is 18.4. The molecule has 0 saturated carbocycles. The van der Waals surface area contributed by atoms with Crippen molar-refractivity contribution in [2.75, 3.05) is 6.61 Å². The van der Waals surface area contributed by atoms with Gasteiger partial charge in [0.1, 0.15) is 5.57 Å². The number of ketones is 1. The summed E-state index contributed by atoms with van der Waals surface area (Å²) >= 11 is 0. The van der Waals surface area contributed by atoms with E-state index in [0.29, 0.717) is 12.0 Å². The monoisotopic (exact) mass is 346 g/mol. The maximum atomic E-state index is 12.8. The Labute approximate surface area is 151 Å². The first-order valence-corrected chi connectivity index (χ1v) is 8.21. The number of carbonyl (C=O) groups is 2. The Kier molecular flexibility index (Phi) is 5.39. The number of Topliss-reactive ketones (excluding diaryl/α,β-unsaturated/α-hetero) is 1. The molecule has 1 aromatic heterocycles. The molecule has 0 spiro atoms. The standard InChI is InChI=1S/C21H18N2O3/c22-21(25)19(14-26-13-11-16-8-3-4-12-23-16)20(24)18-10-5-7-15-6-1-2-9-17(15)18/h1-10,12,14H,11,13H2,(H2,22,25)/b19-14+. The van der Waals surface area contributed by atoms with Crippen LogP contribution in [-0.2, 0) is 16.0 Å². The number of amides is 1. The van der Waals surface area contributed by atoms with Gasteiger partial charge in [0.25, 0.3) is 5.91 Å². The summed E-state index contributed by atoms with van der Waals surface area (Å²) in [6.45, 7) is 0.288. The molecule has 0 radical (unpaired) electrons. The first-order chi connectivity index (χ1) is 12.7. The number of hydrogen-bond donors (Lipinski definition) is 1. The second kappa shape index (κ2) is 8.07. The number of carbonyl (C=O) groups excluding carboxylic acids is 2. The van der Waals surface area contributed by atoms with Gasteiger partial charge < -0.3 is 10.5 Å². The molecule has 2 aromatic carbocycles. The van der Waals surface area contributed by atoms with E-state index >= 15 is 0 Å². The number of primary amides is 1. The number of benzene rings is 2. The normalized spacial score (nSPS) is 11.3. The molecule has 5 nitrogen and oxygen atoms in total. The van der Waals surface area contributed by atoms with Gasteiger partial charge in [-0.2, -0.15) is 0 Å². The van der Waals surface area contributed by atoms with E-state index in [9.17, 15) is 9.59 Å². The predicted molar refractivity (Wildman–Crippen MR) is 99.4 cm³/mol. The quantitative estimate of drug-likeness (QED) is 0.178. The largest absolute Gasteiger partial charge is 0.500 e. The summed E-state index contributed by atoms with van der Waals surface area (Å²) < 4.78 is 5.39. The Bertz CT molecular complexity index is 960. The number of nitrogens with two attached hydrogens (primary N) is 1. The van der Waals surface area contributed by atoms with E-state index < -0.39 is 11.7 Å². The molecular formula is C21H18N2O3. The summed E-state index contributed by atoms with van der Waals surface area (Å²) in [4.78, 5) is 28.7. The molecule has 3 rings (SSSR count). The lowest BCUT2D eigenvalue weighted by atomic mass is 9.97. The van der Waals surface area contributed by atoms with Gasteiger partial charge in [-0.3, -0.25) is 14.6 Å². The highest BCUT2D eigenvalue weighted by atomic mass is 16.5. The zero-order valence-electron chi connectivity index (χ0n) is 14.1. The van der Waals surface area contributed by atoms with E-state index in [-0.39, 0.29) is 12.2 Å². The number of hydrogen-bond acceptors (Lipinski definition) is 4. The molecule has 1 amide bonds. The van der Waals surface area contributed by atoms with Crippen LogP contribution in [0, 0.1) is 0 Å². The highest BCUT2D eigenvalue weighted by Gasteiger charge is 2.20. The second-order valence-corrected chi connectivity index (χ2v) is 5.69. The van der Waals surface area contributed by atoms with Crippen molar-refractivity contribution in [3.8, 4) is 0 Å². The van der Waals surface area contributed by atoms with Crippen LogP contribution in [0.1, 0.15) is 16.1 Å². The molecule has 0 unspecified atom stereocenters. The number of ether oxygens (including phenoxy) is 1. The third-order valence-electron chi connectivity index (χ3n) is 3.95. The van der Waals surface area contributed by atoms with Gasteiger partial charge in [-0.1, -0.05) is 48.5 Å². The van der Waals surface area contributed by atoms with E-state index in [4.69, 9.17) is 10.5 Å². The molecular weight excluding hydrogens is 328 g/mol. The molecule has 0 fully saturated rings. The van der Waals surface area contributed by atoms with Gasteiger partial charge in [0.05, 0.1) is 12.9 Å². The average Bonchev–Trinajstić information content (AvgIpc) is 2.67. The predicted octanol–water partition coefficient (Wildman–Crippen LogP) is 3.05. The smallest absolute Gasteiger partial charge is 0.255 e. The maximum absolute atomic E-state index is 12.8. The number of nitrogens with zero attached hydrogens (tertiary/aromatic N) is 1. The fourth-order valence-electron chi connectivity index (χ4n) is 2.64. The third kappa shape index (κ3) is 3.95. The Morgan fingerprint density at radius 2 is 1.77 bits per heavy atom. The minimum absolute atomic E-state index is 0.178. The van der Waals surface area contributed by atoms with Crippen LogP contribution >= 0.6 is 0 Å². The SMILES string of the molecule is NC(=O)/C(=C/OCCc1ccccn1)C(=O)c1cccc2ccccc12. The van der Waals surface area contributed by atoms with E-state index in [1.807, 2.05) is 48.5 Å². The molecule has 0 atom stereocenters. The molecule has 0 aliphatic rings. The summed E-state index contributed by atoms with van der Waals surface area (Å²) in [7, 11) is 0. The van der Waals surface area contributed by atoms with Gasteiger partial charge in [-0.25, -0.2) is 0 Å². The van der Waals surface area contributed by atoms with Crippen LogP contribution in [0.5, 0.6) is 0 Å². The van der Waals surface area contributed by atoms with Gasteiger partial charge in [-0.15, -0.1) is 0 Å². The lowest BCUT2D eigenvalue weighted by molar-refractivity contribution is -0.114. The lowest BCUT2D eigenvalue weighted by Crippen LogP contribution is -2.21. The minimum atomic E-state index is -0.819. The van der Waals surface area contributed by atoms with Crippen LogP contribution < -0.4 is 5.73 Å². The first-order valence-electron chi connectivity index (χ1n) is 8.21. The van der Waals surface area contributed by atoms with Gasteiger partial charge in [0.15, 0.2) is 0 Å². The van der Waals surface area contributed by atoms with E-state index in [2.05, 4.69) is 4.98 Å². The van der Waals surface area contributed by atoms with Crippen LogP contribution in [0.25, 0.3) is 10.8 Å². The van der Waals surface area contributed by atoms with Crippen LogP contribution in [0.4, 0.5) is 0 Å². The van der Waals surface area contributed by atoms with E-state index in [1.165, 1.54) is 0 Å². The zero-order valence-corrected chi connectivity index (χ0v) is 14.1. The second-order valence-electron chi connectivity index (χ2n) is 5.69. The minimum Gasteiger partial charge on any atom is -0.500 e. The number of rotatable bonds is 7. The Hall–Kier alpha value is -3.47. The van der Waals surface area contributed by atoms with Crippen LogP contribution in [0.2, 0.25) is 0 Å². The van der Waals surface area contributed by atoms with Crippen molar-refractivity contribution in [3.05, 3.63) is 90.0 Å². The number of pyridine rings is 1. The van der Waals surface area contributed by atoms with Crippen LogP contribution in [0.3, 0.4) is 0 Å². The van der Waals surface area contributed by atoms with E-state index in [1.54, 1.807) is 18.3 Å². The Morgan fingerprint density at radius 3 is 2.54 bits per heavy atom. The Balaban J connectivity index is 1.78. The van der Waals surface area contributed by atoms with Crippen molar-refractivity contribution in [2.24, 2.45) is 5.73 Å². The molecule has 3 aromatic rings. The lowest BCUT2D eigenvalue weighted by Gasteiger charge is -2.08. The van der Waals surface area contributed by atoms with Crippen molar-refractivity contribution in [1.82, 2.24) is 4.98 Å². The van der Waals surface area contributed by atoms with Gasteiger partial charge >= 0.3 is 0 Å². The van der Waals surface area contributed by atoms with Crippen molar-refractivity contribution >= 4 is 22.5 Å². The molecule has 5 heteroatoms. The van der Waals surface area contributed by atoms with Gasteiger partial charge in [0, 0.05) is 23.9 Å². The third-order valence-corrected chi connectivity index (χ3v) is 3.95. The first kappa shape index (κ1) is 17.4.